The fourth-order valence-electron chi connectivity index (χ4n) is 1.88. The van der Waals surface area contributed by atoms with Gasteiger partial charge < -0.3 is 10.1 Å². The maximum absolute atomic E-state index is 13.5. The van der Waals surface area contributed by atoms with Crippen molar-refractivity contribution in [3.8, 4) is 0 Å². The van der Waals surface area contributed by atoms with Gasteiger partial charge in [0.05, 0.1) is 6.61 Å². The first-order chi connectivity index (χ1) is 9.49. The average molecular weight is 281 g/mol. The van der Waals surface area contributed by atoms with Crippen LogP contribution in [0.1, 0.15) is 32.8 Å². The summed E-state index contributed by atoms with van der Waals surface area (Å²) in [5, 5.41) is 2.86. The highest BCUT2D eigenvalue weighted by Gasteiger charge is 2.10. The summed E-state index contributed by atoms with van der Waals surface area (Å²) in [6.07, 6.45) is 0.833. The molecule has 4 heteroatoms. The zero-order valence-corrected chi connectivity index (χ0v) is 12.5. The molecule has 0 aromatic heterocycles. The van der Waals surface area contributed by atoms with Gasteiger partial charge in [-0.05, 0) is 30.9 Å². The first kappa shape index (κ1) is 16.6. The molecular weight excluding hydrogens is 257 g/mol. The second-order valence-electron chi connectivity index (χ2n) is 5.48. The largest absolute Gasteiger partial charge is 0.381 e. The molecule has 0 spiro atoms. The van der Waals surface area contributed by atoms with Crippen LogP contribution in [0.4, 0.5) is 4.39 Å². The van der Waals surface area contributed by atoms with Gasteiger partial charge in [0.1, 0.15) is 5.82 Å². The first-order valence-corrected chi connectivity index (χ1v) is 7.09. The Morgan fingerprint density at radius 1 is 1.30 bits per heavy atom. The summed E-state index contributed by atoms with van der Waals surface area (Å²) in [4.78, 5) is 11.7. The van der Waals surface area contributed by atoms with Crippen molar-refractivity contribution in [1.82, 2.24) is 5.32 Å². The quantitative estimate of drug-likeness (QED) is 0.744. The second kappa shape index (κ2) is 8.69. The fraction of sp³-hybridized carbons (Fsp3) is 0.562. The molecule has 20 heavy (non-hydrogen) atoms. The van der Waals surface area contributed by atoms with Gasteiger partial charge in [0, 0.05) is 19.1 Å². The zero-order chi connectivity index (χ0) is 15.0. The minimum Gasteiger partial charge on any atom is -0.381 e. The fourth-order valence-corrected chi connectivity index (χ4v) is 1.88. The molecule has 3 nitrogen and oxygen atoms in total. The first-order valence-electron chi connectivity index (χ1n) is 7.09. The standard InChI is InChI=1S/C16H24FNO2/c1-12(2)11-20-9-8-16(19)18-13(3)10-14-6-4-5-7-15(14)17/h4-7,12-13H,8-11H2,1-3H3,(H,18,19). The van der Waals surface area contributed by atoms with E-state index in [2.05, 4.69) is 19.2 Å². The molecule has 1 unspecified atom stereocenters. The van der Waals surface area contributed by atoms with Crippen LogP contribution in [-0.4, -0.2) is 25.2 Å². The number of amides is 1. The topological polar surface area (TPSA) is 38.3 Å². The molecule has 1 atom stereocenters. The number of hydrogen-bond acceptors (Lipinski definition) is 2. The Labute approximate surface area is 120 Å². The van der Waals surface area contributed by atoms with E-state index in [-0.39, 0.29) is 17.8 Å². The molecular formula is C16H24FNO2. The third-order valence-electron chi connectivity index (χ3n) is 2.82. The van der Waals surface area contributed by atoms with Crippen LogP contribution in [0, 0.1) is 11.7 Å². The summed E-state index contributed by atoms with van der Waals surface area (Å²) in [5.74, 6) is 0.185. The number of rotatable bonds is 8. The van der Waals surface area contributed by atoms with Gasteiger partial charge in [-0.3, -0.25) is 4.79 Å². The summed E-state index contributed by atoms with van der Waals surface area (Å²) < 4.78 is 18.8. The van der Waals surface area contributed by atoms with Crippen LogP contribution in [0.2, 0.25) is 0 Å². The lowest BCUT2D eigenvalue weighted by Gasteiger charge is -2.14. The van der Waals surface area contributed by atoms with Gasteiger partial charge in [0.25, 0.3) is 0 Å². The van der Waals surface area contributed by atoms with Crippen molar-refractivity contribution in [2.24, 2.45) is 5.92 Å². The number of carbonyl (C=O) groups is 1. The summed E-state index contributed by atoms with van der Waals surface area (Å²) in [6.45, 7) is 7.10. The summed E-state index contributed by atoms with van der Waals surface area (Å²) >= 11 is 0. The van der Waals surface area contributed by atoms with E-state index in [4.69, 9.17) is 4.74 Å². The van der Waals surface area contributed by atoms with Crippen molar-refractivity contribution in [3.05, 3.63) is 35.6 Å². The molecule has 0 aliphatic heterocycles. The number of carbonyl (C=O) groups excluding carboxylic acids is 1. The van der Waals surface area contributed by atoms with Crippen LogP contribution in [0.25, 0.3) is 0 Å². The molecule has 0 bridgehead atoms. The molecule has 1 amide bonds. The number of halogens is 1. The van der Waals surface area contributed by atoms with Gasteiger partial charge in [-0.15, -0.1) is 0 Å². The smallest absolute Gasteiger partial charge is 0.222 e. The molecule has 1 rings (SSSR count). The molecule has 0 saturated carbocycles. The predicted octanol–water partition coefficient (Wildman–Crippen LogP) is 2.94. The highest BCUT2D eigenvalue weighted by atomic mass is 19.1. The van der Waals surface area contributed by atoms with Crippen molar-refractivity contribution in [1.29, 1.82) is 0 Å². The van der Waals surface area contributed by atoms with Crippen LogP contribution in [0.3, 0.4) is 0 Å². The van der Waals surface area contributed by atoms with Gasteiger partial charge in [0.2, 0.25) is 5.91 Å². The van der Waals surface area contributed by atoms with E-state index in [1.807, 2.05) is 6.92 Å². The van der Waals surface area contributed by atoms with Gasteiger partial charge >= 0.3 is 0 Å². The molecule has 1 aromatic rings. The molecule has 1 aromatic carbocycles. The Bertz CT molecular complexity index is 421. The lowest BCUT2D eigenvalue weighted by Crippen LogP contribution is -2.34. The molecule has 0 aliphatic carbocycles. The van der Waals surface area contributed by atoms with E-state index in [1.54, 1.807) is 18.2 Å². The zero-order valence-electron chi connectivity index (χ0n) is 12.5. The lowest BCUT2D eigenvalue weighted by molar-refractivity contribution is -0.122. The Balaban J connectivity index is 2.26. The van der Waals surface area contributed by atoms with E-state index in [1.165, 1.54) is 6.07 Å². The van der Waals surface area contributed by atoms with Gasteiger partial charge in [-0.25, -0.2) is 4.39 Å². The SMILES string of the molecule is CC(C)COCCC(=O)NC(C)Cc1ccccc1F. The van der Waals surface area contributed by atoms with E-state index in [0.717, 1.165) is 0 Å². The van der Waals surface area contributed by atoms with Crippen molar-refractivity contribution in [3.63, 3.8) is 0 Å². The van der Waals surface area contributed by atoms with Crippen LogP contribution < -0.4 is 5.32 Å². The lowest BCUT2D eigenvalue weighted by atomic mass is 10.1. The normalized spacial score (nSPS) is 12.4. The average Bonchev–Trinajstić information content (AvgIpc) is 2.37. The third kappa shape index (κ3) is 6.66. The Morgan fingerprint density at radius 2 is 2.00 bits per heavy atom. The molecule has 1 N–H and O–H groups in total. The van der Waals surface area contributed by atoms with Crippen LogP contribution in [0.15, 0.2) is 24.3 Å². The highest BCUT2D eigenvalue weighted by Crippen LogP contribution is 2.09. The summed E-state index contributed by atoms with van der Waals surface area (Å²) in [7, 11) is 0. The van der Waals surface area contributed by atoms with E-state index in [9.17, 15) is 9.18 Å². The summed E-state index contributed by atoms with van der Waals surface area (Å²) in [5.41, 5.74) is 0.622. The molecule has 0 radical (unpaired) electrons. The summed E-state index contributed by atoms with van der Waals surface area (Å²) in [6, 6.07) is 6.54. The monoisotopic (exact) mass is 281 g/mol. The van der Waals surface area contributed by atoms with Gasteiger partial charge in [-0.2, -0.15) is 0 Å². The third-order valence-corrected chi connectivity index (χ3v) is 2.82. The minimum absolute atomic E-state index is 0.0578. The Kier molecular flexibility index (Phi) is 7.23. The maximum atomic E-state index is 13.5. The predicted molar refractivity (Wildman–Crippen MR) is 78.0 cm³/mol. The molecule has 0 heterocycles. The Morgan fingerprint density at radius 3 is 2.65 bits per heavy atom. The van der Waals surface area contributed by atoms with Crippen LogP contribution in [-0.2, 0) is 16.0 Å². The minimum atomic E-state index is -0.228. The molecule has 0 aliphatic rings. The van der Waals surface area contributed by atoms with Crippen LogP contribution in [0.5, 0.6) is 0 Å². The number of nitrogens with one attached hydrogen (secondary N) is 1. The molecule has 0 fully saturated rings. The van der Waals surface area contributed by atoms with Crippen molar-refractivity contribution in [2.45, 2.75) is 39.7 Å². The second-order valence-corrected chi connectivity index (χ2v) is 5.48. The van der Waals surface area contributed by atoms with Crippen molar-refractivity contribution >= 4 is 5.91 Å². The van der Waals surface area contributed by atoms with Crippen molar-refractivity contribution < 1.29 is 13.9 Å². The Hall–Kier alpha value is -1.42. The van der Waals surface area contributed by atoms with Crippen molar-refractivity contribution in [2.75, 3.05) is 13.2 Å². The van der Waals surface area contributed by atoms with Gasteiger partial charge in [0.15, 0.2) is 0 Å². The maximum Gasteiger partial charge on any atom is 0.222 e. The number of ether oxygens (including phenoxy) is 1. The molecule has 112 valence electrons. The van der Waals surface area contributed by atoms with E-state index >= 15 is 0 Å². The number of benzene rings is 1. The van der Waals surface area contributed by atoms with Crippen LogP contribution >= 0.6 is 0 Å². The van der Waals surface area contributed by atoms with E-state index < -0.39 is 0 Å². The van der Waals surface area contributed by atoms with E-state index in [0.29, 0.717) is 37.5 Å². The molecule has 0 saturated heterocycles. The highest BCUT2D eigenvalue weighted by molar-refractivity contribution is 5.76. The van der Waals surface area contributed by atoms with Gasteiger partial charge in [-0.1, -0.05) is 32.0 Å². The number of hydrogen-bond donors (Lipinski definition) is 1.